The number of rotatable bonds is 7. The van der Waals surface area contributed by atoms with Crippen molar-refractivity contribution in [3.8, 4) is 5.69 Å². The van der Waals surface area contributed by atoms with Gasteiger partial charge in [0.05, 0.1) is 18.9 Å². The lowest BCUT2D eigenvalue weighted by Gasteiger charge is -2.19. The Morgan fingerprint density at radius 2 is 1.78 bits per heavy atom. The fraction of sp³-hybridized carbons (Fsp3) is 0.412. The van der Waals surface area contributed by atoms with E-state index < -0.39 is 0 Å². The third kappa shape index (κ3) is 3.97. The Labute approximate surface area is 136 Å². The monoisotopic (exact) mass is 317 g/mol. The minimum Gasteiger partial charge on any atom is -0.395 e. The molecule has 23 heavy (non-hydrogen) atoms. The molecule has 1 aromatic carbocycles. The van der Waals surface area contributed by atoms with Crippen LogP contribution in [0.5, 0.6) is 0 Å². The van der Waals surface area contributed by atoms with E-state index in [1.54, 1.807) is 10.7 Å². The highest BCUT2D eigenvalue weighted by Crippen LogP contribution is 2.21. The summed E-state index contributed by atoms with van der Waals surface area (Å²) < 4.78 is 1.77. The lowest BCUT2D eigenvalue weighted by atomic mass is 10.1. The molecule has 0 bridgehead atoms. The van der Waals surface area contributed by atoms with Crippen molar-refractivity contribution in [1.29, 1.82) is 0 Å². The number of para-hydroxylation sites is 1. The highest BCUT2D eigenvalue weighted by atomic mass is 16.3. The third-order valence-electron chi connectivity index (χ3n) is 3.58. The number of carbonyl (C=O) groups is 1. The summed E-state index contributed by atoms with van der Waals surface area (Å²) in [7, 11) is 0. The molecule has 0 aliphatic heterocycles. The lowest BCUT2D eigenvalue weighted by Crippen LogP contribution is -2.36. The first-order chi connectivity index (χ1) is 11.1. The molecule has 0 aliphatic carbocycles. The summed E-state index contributed by atoms with van der Waals surface area (Å²) in [5.41, 5.74) is 2.15. The Hall–Kier alpha value is -2.18. The summed E-state index contributed by atoms with van der Waals surface area (Å²) in [6.07, 6.45) is 0. The molecule has 0 aliphatic rings. The second-order valence-corrected chi connectivity index (χ2v) is 5.60. The highest BCUT2D eigenvalue weighted by molar-refractivity contribution is 5.92. The van der Waals surface area contributed by atoms with Crippen LogP contribution in [-0.2, 0) is 0 Å². The maximum absolute atomic E-state index is 12.6. The van der Waals surface area contributed by atoms with Gasteiger partial charge < -0.3 is 15.1 Å². The average Bonchev–Trinajstić information content (AvgIpc) is 3.00. The molecule has 0 unspecified atom stereocenters. The normalized spacial score (nSPS) is 11.0. The molecule has 2 N–H and O–H groups in total. The van der Waals surface area contributed by atoms with Gasteiger partial charge in [-0.2, -0.15) is 5.10 Å². The van der Waals surface area contributed by atoms with E-state index >= 15 is 0 Å². The Balaban J connectivity index is 2.39. The highest BCUT2D eigenvalue weighted by Gasteiger charge is 2.21. The molecular formula is C17H23N3O3. The van der Waals surface area contributed by atoms with Crippen molar-refractivity contribution >= 4 is 5.91 Å². The fourth-order valence-corrected chi connectivity index (χ4v) is 2.41. The maximum atomic E-state index is 12.6. The van der Waals surface area contributed by atoms with E-state index in [1.165, 1.54) is 4.90 Å². The molecule has 124 valence electrons. The zero-order chi connectivity index (χ0) is 16.8. The van der Waals surface area contributed by atoms with Gasteiger partial charge in [0.1, 0.15) is 0 Å². The van der Waals surface area contributed by atoms with Crippen molar-refractivity contribution in [2.75, 3.05) is 26.3 Å². The lowest BCUT2D eigenvalue weighted by molar-refractivity contribution is 0.0678. The van der Waals surface area contributed by atoms with Crippen LogP contribution in [0.3, 0.4) is 0 Å². The van der Waals surface area contributed by atoms with Crippen LogP contribution in [0, 0.1) is 0 Å². The largest absolute Gasteiger partial charge is 0.395 e. The van der Waals surface area contributed by atoms with Crippen LogP contribution in [0.25, 0.3) is 5.69 Å². The Morgan fingerprint density at radius 1 is 1.17 bits per heavy atom. The third-order valence-corrected chi connectivity index (χ3v) is 3.58. The van der Waals surface area contributed by atoms with Crippen LogP contribution < -0.4 is 0 Å². The summed E-state index contributed by atoms with van der Waals surface area (Å²) in [6.45, 7) is 4.14. The van der Waals surface area contributed by atoms with Gasteiger partial charge in [-0.05, 0) is 24.1 Å². The van der Waals surface area contributed by atoms with Crippen LogP contribution >= 0.6 is 0 Å². The minimum absolute atomic E-state index is 0.151. The molecule has 2 aromatic rings. The maximum Gasteiger partial charge on any atom is 0.274 e. The van der Waals surface area contributed by atoms with Crippen molar-refractivity contribution in [3.05, 3.63) is 47.8 Å². The van der Waals surface area contributed by atoms with Crippen LogP contribution in [0.1, 0.15) is 35.9 Å². The Kier molecular flexibility index (Phi) is 5.90. The van der Waals surface area contributed by atoms with Gasteiger partial charge in [0.15, 0.2) is 5.69 Å². The summed E-state index contributed by atoms with van der Waals surface area (Å²) in [4.78, 5) is 14.0. The van der Waals surface area contributed by atoms with E-state index in [-0.39, 0.29) is 38.1 Å². The first kappa shape index (κ1) is 17.2. The molecule has 6 nitrogen and oxygen atoms in total. The first-order valence-corrected chi connectivity index (χ1v) is 7.74. The van der Waals surface area contributed by atoms with Gasteiger partial charge in [-0.25, -0.2) is 4.68 Å². The Bertz CT molecular complexity index is 632. The average molecular weight is 317 g/mol. The molecule has 0 saturated heterocycles. The van der Waals surface area contributed by atoms with E-state index in [0.29, 0.717) is 5.69 Å². The SMILES string of the molecule is CC(C)c1cc(C(=O)N(CCO)CCO)nn1-c1ccccc1. The predicted octanol–water partition coefficient (Wildman–Crippen LogP) is 1.42. The van der Waals surface area contributed by atoms with E-state index in [9.17, 15) is 4.79 Å². The van der Waals surface area contributed by atoms with Crippen LogP contribution in [0.4, 0.5) is 0 Å². The van der Waals surface area contributed by atoms with Crippen LogP contribution in [0.2, 0.25) is 0 Å². The number of carbonyl (C=O) groups excluding carboxylic acids is 1. The van der Waals surface area contributed by atoms with Gasteiger partial charge in [-0.3, -0.25) is 4.79 Å². The van der Waals surface area contributed by atoms with Crippen LogP contribution in [-0.4, -0.2) is 57.1 Å². The van der Waals surface area contributed by atoms with Gasteiger partial charge in [0.2, 0.25) is 0 Å². The molecule has 0 spiro atoms. The molecule has 0 saturated carbocycles. The minimum atomic E-state index is -0.287. The van der Waals surface area contributed by atoms with Gasteiger partial charge in [0, 0.05) is 18.8 Å². The number of nitrogens with zero attached hydrogens (tertiary/aromatic N) is 3. The number of aliphatic hydroxyl groups excluding tert-OH is 2. The molecule has 0 atom stereocenters. The van der Waals surface area contributed by atoms with Gasteiger partial charge in [-0.15, -0.1) is 0 Å². The van der Waals surface area contributed by atoms with Crippen LogP contribution in [0.15, 0.2) is 36.4 Å². The molecule has 1 heterocycles. The number of hydrogen-bond acceptors (Lipinski definition) is 4. The number of aliphatic hydroxyl groups is 2. The molecule has 2 rings (SSSR count). The number of aromatic nitrogens is 2. The van der Waals surface area contributed by atoms with E-state index in [2.05, 4.69) is 5.10 Å². The van der Waals surface area contributed by atoms with Crippen molar-refractivity contribution in [2.24, 2.45) is 0 Å². The zero-order valence-electron chi connectivity index (χ0n) is 13.5. The molecule has 1 aromatic heterocycles. The number of benzene rings is 1. The van der Waals surface area contributed by atoms with Crippen molar-refractivity contribution in [1.82, 2.24) is 14.7 Å². The second kappa shape index (κ2) is 7.89. The number of amides is 1. The quantitative estimate of drug-likeness (QED) is 0.809. The smallest absolute Gasteiger partial charge is 0.274 e. The van der Waals surface area contributed by atoms with Crippen molar-refractivity contribution in [3.63, 3.8) is 0 Å². The fourth-order valence-electron chi connectivity index (χ4n) is 2.41. The van der Waals surface area contributed by atoms with E-state index in [1.807, 2.05) is 44.2 Å². The van der Waals surface area contributed by atoms with E-state index in [0.717, 1.165) is 11.4 Å². The molecule has 0 radical (unpaired) electrons. The zero-order valence-corrected chi connectivity index (χ0v) is 13.5. The van der Waals surface area contributed by atoms with Gasteiger partial charge in [0.25, 0.3) is 5.91 Å². The van der Waals surface area contributed by atoms with Crippen molar-refractivity contribution in [2.45, 2.75) is 19.8 Å². The molecule has 0 fully saturated rings. The predicted molar refractivity (Wildman–Crippen MR) is 87.7 cm³/mol. The topological polar surface area (TPSA) is 78.6 Å². The second-order valence-electron chi connectivity index (χ2n) is 5.60. The summed E-state index contributed by atoms with van der Waals surface area (Å²) in [5, 5.41) is 22.6. The van der Waals surface area contributed by atoms with Crippen molar-refractivity contribution < 1.29 is 15.0 Å². The summed E-state index contributed by atoms with van der Waals surface area (Å²) in [6, 6.07) is 11.4. The standard InChI is InChI=1S/C17H23N3O3/c1-13(2)16-12-15(17(23)19(8-10-21)9-11-22)18-20(16)14-6-4-3-5-7-14/h3-7,12-13,21-22H,8-11H2,1-2H3. The molecule has 1 amide bonds. The number of hydrogen-bond donors (Lipinski definition) is 2. The Morgan fingerprint density at radius 3 is 2.30 bits per heavy atom. The first-order valence-electron chi connectivity index (χ1n) is 7.74. The van der Waals surface area contributed by atoms with Gasteiger partial charge >= 0.3 is 0 Å². The molecular weight excluding hydrogens is 294 g/mol. The summed E-state index contributed by atoms with van der Waals surface area (Å²) >= 11 is 0. The van der Waals surface area contributed by atoms with Gasteiger partial charge in [-0.1, -0.05) is 32.0 Å². The van der Waals surface area contributed by atoms with E-state index in [4.69, 9.17) is 10.2 Å². The summed E-state index contributed by atoms with van der Waals surface area (Å²) in [5.74, 6) is -0.0851. The molecule has 6 heteroatoms.